The quantitative estimate of drug-likeness (QED) is 0.910. The van der Waals surface area contributed by atoms with Crippen LogP contribution in [0.3, 0.4) is 0 Å². The Morgan fingerprint density at radius 2 is 2.16 bits per heavy atom. The number of aromatic nitrogens is 1. The van der Waals surface area contributed by atoms with Crippen molar-refractivity contribution in [1.29, 1.82) is 0 Å². The van der Waals surface area contributed by atoms with Crippen molar-refractivity contribution in [3.8, 4) is 11.8 Å². The number of carboxylic acids is 1. The van der Waals surface area contributed by atoms with Gasteiger partial charge in [0.15, 0.2) is 5.69 Å². The Morgan fingerprint density at radius 1 is 1.42 bits per heavy atom. The second kappa shape index (κ2) is 5.14. The Bertz CT molecular complexity index is 601. The second-order valence-corrected chi connectivity index (χ2v) is 4.58. The third kappa shape index (κ3) is 2.93. The highest BCUT2D eigenvalue weighted by Crippen LogP contribution is 2.26. The number of aryl methyl sites for hydroxylation is 1. The molecule has 0 unspecified atom stereocenters. The Kier molecular flexibility index (Phi) is 3.55. The van der Waals surface area contributed by atoms with E-state index in [0.29, 0.717) is 11.7 Å². The van der Waals surface area contributed by atoms with Gasteiger partial charge in [-0.1, -0.05) is 19.9 Å². The summed E-state index contributed by atoms with van der Waals surface area (Å²) in [6.45, 7) is 6.24. The van der Waals surface area contributed by atoms with Crippen molar-refractivity contribution >= 4 is 5.97 Å². The standard InChI is InChI=1S/C14H15NO4/c1-8(2)11-5-4-10(6-9(11)3)19-14-15-12(7-18-14)13(16)17/h4-8H,1-3H3,(H,16,17). The van der Waals surface area contributed by atoms with Crippen LogP contribution < -0.4 is 4.74 Å². The predicted octanol–water partition coefficient (Wildman–Crippen LogP) is 3.60. The van der Waals surface area contributed by atoms with E-state index in [1.807, 2.05) is 25.1 Å². The molecule has 2 rings (SSSR count). The lowest BCUT2D eigenvalue weighted by molar-refractivity contribution is 0.0690. The van der Waals surface area contributed by atoms with Gasteiger partial charge in [-0.05, 0) is 36.1 Å². The lowest BCUT2D eigenvalue weighted by Gasteiger charge is -2.10. The number of oxazole rings is 1. The molecular formula is C14H15NO4. The van der Waals surface area contributed by atoms with Gasteiger partial charge in [-0.2, -0.15) is 4.98 Å². The number of benzene rings is 1. The molecule has 0 saturated heterocycles. The number of ether oxygens (including phenoxy) is 1. The molecule has 0 fully saturated rings. The molecule has 1 heterocycles. The van der Waals surface area contributed by atoms with Crippen LogP contribution in [0.15, 0.2) is 28.9 Å². The van der Waals surface area contributed by atoms with E-state index in [2.05, 4.69) is 18.8 Å². The first-order valence-corrected chi connectivity index (χ1v) is 5.94. The predicted molar refractivity (Wildman–Crippen MR) is 68.8 cm³/mol. The molecule has 1 aromatic carbocycles. The average Bonchev–Trinajstić information content (AvgIpc) is 2.77. The maximum Gasteiger partial charge on any atom is 0.399 e. The SMILES string of the molecule is Cc1cc(Oc2nc(C(=O)O)co2)ccc1C(C)C. The van der Waals surface area contributed by atoms with Gasteiger partial charge in [0, 0.05) is 0 Å². The van der Waals surface area contributed by atoms with Crippen LogP contribution in [0.4, 0.5) is 0 Å². The van der Waals surface area contributed by atoms with Crippen LogP contribution in [0.1, 0.15) is 41.4 Å². The molecule has 5 heteroatoms. The highest BCUT2D eigenvalue weighted by Gasteiger charge is 2.12. The molecular weight excluding hydrogens is 246 g/mol. The first-order chi connectivity index (χ1) is 8.97. The summed E-state index contributed by atoms with van der Waals surface area (Å²) >= 11 is 0. The van der Waals surface area contributed by atoms with Crippen molar-refractivity contribution < 1.29 is 19.1 Å². The molecule has 0 spiro atoms. The minimum atomic E-state index is -1.15. The van der Waals surface area contributed by atoms with Crippen LogP contribution in [0.5, 0.6) is 11.8 Å². The first-order valence-electron chi connectivity index (χ1n) is 5.94. The Balaban J connectivity index is 2.19. The van der Waals surface area contributed by atoms with Crippen LogP contribution in [0.25, 0.3) is 0 Å². The van der Waals surface area contributed by atoms with Gasteiger partial charge in [0.1, 0.15) is 12.0 Å². The zero-order chi connectivity index (χ0) is 14.0. The van der Waals surface area contributed by atoms with Crippen LogP contribution in [-0.4, -0.2) is 16.1 Å². The van der Waals surface area contributed by atoms with Crippen molar-refractivity contribution in [1.82, 2.24) is 4.98 Å². The van der Waals surface area contributed by atoms with Gasteiger partial charge >= 0.3 is 12.0 Å². The molecule has 19 heavy (non-hydrogen) atoms. The van der Waals surface area contributed by atoms with Crippen LogP contribution in [-0.2, 0) is 0 Å². The van der Waals surface area contributed by atoms with Crippen molar-refractivity contribution in [3.05, 3.63) is 41.3 Å². The van der Waals surface area contributed by atoms with Gasteiger partial charge in [-0.3, -0.25) is 0 Å². The van der Waals surface area contributed by atoms with Gasteiger partial charge in [-0.15, -0.1) is 0 Å². The molecule has 0 atom stereocenters. The number of aromatic carboxylic acids is 1. The summed E-state index contributed by atoms with van der Waals surface area (Å²) in [7, 11) is 0. The maximum absolute atomic E-state index is 10.7. The topological polar surface area (TPSA) is 72.6 Å². The molecule has 5 nitrogen and oxygen atoms in total. The fraction of sp³-hybridized carbons (Fsp3) is 0.286. The smallest absolute Gasteiger partial charge is 0.399 e. The third-order valence-electron chi connectivity index (χ3n) is 2.77. The summed E-state index contributed by atoms with van der Waals surface area (Å²) in [6, 6.07) is 5.67. The maximum atomic E-state index is 10.7. The fourth-order valence-corrected chi connectivity index (χ4v) is 1.86. The van der Waals surface area contributed by atoms with E-state index in [-0.39, 0.29) is 11.8 Å². The van der Waals surface area contributed by atoms with Gasteiger partial charge in [0.05, 0.1) is 0 Å². The number of hydrogen-bond donors (Lipinski definition) is 1. The lowest BCUT2D eigenvalue weighted by atomic mass is 9.98. The molecule has 0 bridgehead atoms. The zero-order valence-electron chi connectivity index (χ0n) is 11.0. The zero-order valence-corrected chi connectivity index (χ0v) is 11.0. The largest absolute Gasteiger partial charge is 0.476 e. The number of carbonyl (C=O) groups is 1. The molecule has 0 saturated carbocycles. The monoisotopic (exact) mass is 261 g/mol. The van der Waals surface area contributed by atoms with Crippen LogP contribution in [0, 0.1) is 6.92 Å². The third-order valence-corrected chi connectivity index (χ3v) is 2.77. The van der Waals surface area contributed by atoms with Crippen molar-refractivity contribution in [3.63, 3.8) is 0 Å². The minimum absolute atomic E-state index is 0.0749. The van der Waals surface area contributed by atoms with E-state index in [4.69, 9.17) is 14.3 Å². The average molecular weight is 261 g/mol. The highest BCUT2D eigenvalue weighted by atomic mass is 16.6. The van der Waals surface area contributed by atoms with Crippen molar-refractivity contribution in [2.24, 2.45) is 0 Å². The molecule has 0 aliphatic rings. The highest BCUT2D eigenvalue weighted by molar-refractivity contribution is 5.84. The minimum Gasteiger partial charge on any atom is -0.476 e. The van der Waals surface area contributed by atoms with Gasteiger partial charge < -0.3 is 14.3 Å². The van der Waals surface area contributed by atoms with Gasteiger partial charge in [0.2, 0.25) is 0 Å². The number of rotatable bonds is 4. The summed E-state index contributed by atoms with van der Waals surface area (Å²) in [5.41, 5.74) is 2.18. The van der Waals surface area contributed by atoms with Crippen LogP contribution in [0.2, 0.25) is 0 Å². The van der Waals surface area contributed by atoms with Crippen molar-refractivity contribution in [2.45, 2.75) is 26.7 Å². The van der Waals surface area contributed by atoms with Gasteiger partial charge in [0.25, 0.3) is 0 Å². The van der Waals surface area contributed by atoms with Crippen molar-refractivity contribution in [2.75, 3.05) is 0 Å². The van der Waals surface area contributed by atoms with E-state index in [1.165, 1.54) is 5.56 Å². The molecule has 0 amide bonds. The van der Waals surface area contributed by atoms with E-state index < -0.39 is 5.97 Å². The summed E-state index contributed by atoms with van der Waals surface area (Å²) in [4.78, 5) is 14.4. The normalized spacial score (nSPS) is 10.7. The van der Waals surface area contributed by atoms with E-state index >= 15 is 0 Å². The molecule has 0 aliphatic carbocycles. The van der Waals surface area contributed by atoms with Gasteiger partial charge in [-0.25, -0.2) is 4.79 Å². The van der Waals surface area contributed by atoms with Crippen LogP contribution >= 0.6 is 0 Å². The summed E-state index contributed by atoms with van der Waals surface area (Å²) in [6.07, 6.45) is 0.974. The summed E-state index contributed by atoms with van der Waals surface area (Å²) in [5.74, 6) is -0.139. The molecule has 1 aromatic heterocycles. The Morgan fingerprint density at radius 3 is 2.68 bits per heavy atom. The Labute approximate surface area is 110 Å². The van der Waals surface area contributed by atoms with E-state index in [9.17, 15) is 4.79 Å². The number of carboxylic acid groups (broad SMARTS) is 1. The van der Waals surface area contributed by atoms with E-state index in [0.717, 1.165) is 11.8 Å². The first kappa shape index (κ1) is 13.1. The Hall–Kier alpha value is -2.30. The molecule has 1 N–H and O–H groups in total. The molecule has 100 valence electrons. The fourth-order valence-electron chi connectivity index (χ4n) is 1.86. The molecule has 2 aromatic rings. The number of hydrogen-bond acceptors (Lipinski definition) is 4. The van der Waals surface area contributed by atoms with E-state index in [1.54, 1.807) is 0 Å². The molecule has 0 radical (unpaired) electrons. The summed E-state index contributed by atoms with van der Waals surface area (Å²) < 4.78 is 10.3. The lowest BCUT2D eigenvalue weighted by Crippen LogP contribution is -1.96. The molecule has 0 aliphatic heterocycles. The summed E-state index contributed by atoms with van der Waals surface area (Å²) in [5, 5.41) is 8.73. The second-order valence-electron chi connectivity index (χ2n) is 4.58. The number of nitrogens with zero attached hydrogens (tertiary/aromatic N) is 1.